The Morgan fingerprint density at radius 3 is 3.19 bits per heavy atom. The molecule has 1 aromatic carbocycles. The Labute approximate surface area is 94.1 Å². The third kappa shape index (κ3) is 1.40. The Balaban J connectivity index is 2.01. The van der Waals surface area contributed by atoms with Crippen molar-refractivity contribution in [3.63, 3.8) is 0 Å². The van der Waals surface area contributed by atoms with Gasteiger partial charge in [0.05, 0.1) is 6.04 Å². The highest BCUT2D eigenvalue weighted by atomic mass is 16.1. The number of amides is 1. The van der Waals surface area contributed by atoms with E-state index in [2.05, 4.69) is 29.2 Å². The zero-order chi connectivity index (χ0) is 11.0. The summed E-state index contributed by atoms with van der Waals surface area (Å²) in [6.45, 7) is 0.888. The molecule has 2 aromatic rings. The third-order valence-electron chi connectivity index (χ3n) is 3.39. The van der Waals surface area contributed by atoms with Crippen LogP contribution in [0.1, 0.15) is 24.4 Å². The van der Waals surface area contributed by atoms with Crippen LogP contribution in [0.5, 0.6) is 0 Å². The maximum atomic E-state index is 10.9. The predicted molar refractivity (Wildman–Crippen MR) is 63.0 cm³/mol. The van der Waals surface area contributed by atoms with Gasteiger partial charge in [0, 0.05) is 18.3 Å². The molecule has 1 fully saturated rings. The van der Waals surface area contributed by atoms with E-state index in [0.29, 0.717) is 0 Å². The smallest absolute Gasteiger partial charge is 0.210 e. The average Bonchev–Trinajstić information content (AvgIpc) is 2.96. The van der Waals surface area contributed by atoms with Crippen molar-refractivity contribution in [2.45, 2.75) is 18.9 Å². The molecule has 16 heavy (non-hydrogen) atoms. The quantitative estimate of drug-likeness (QED) is 0.766. The number of nitrogens with one attached hydrogen (secondary N) is 1. The summed E-state index contributed by atoms with van der Waals surface area (Å²) >= 11 is 0. The molecule has 0 saturated carbocycles. The van der Waals surface area contributed by atoms with E-state index < -0.39 is 0 Å². The number of aromatic nitrogens is 1. The monoisotopic (exact) mass is 214 g/mol. The zero-order valence-electron chi connectivity index (χ0n) is 9.02. The lowest BCUT2D eigenvalue weighted by atomic mass is 10.0. The second kappa shape index (κ2) is 3.67. The number of H-pyrrole nitrogens is 1. The first kappa shape index (κ1) is 9.46. The minimum Gasteiger partial charge on any atom is -0.361 e. The summed E-state index contributed by atoms with van der Waals surface area (Å²) in [5.74, 6) is 0. The van der Waals surface area contributed by atoms with Crippen LogP contribution >= 0.6 is 0 Å². The minimum atomic E-state index is 0.275. The molecule has 0 spiro atoms. The summed E-state index contributed by atoms with van der Waals surface area (Å²) in [5, 5.41) is 1.22. The summed E-state index contributed by atoms with van der Waals surface area (Å²) in [7, 11) is 0. The van der Waals surface area contributed by atoms with Gasteiger partial charge in [-0.2, -0.15) is 0 Å². The van der Waals surface area contributed by atoms with Crippen LogP contribution in [0.15, 0.2) is 30.5 Å². The number of aromatic amines is 1. The first-order valence-corrected chi connectivity index (χ1v) is 5.66. The maximum absolute atomic E-state index is 10.9. The Bertz CT molecular complexity index is 517. The molecule has 3 nitrogen and oxygen atoms in total. The molecule has 1 atom stereocenters. The molecular weight excluding hydrogens is 200 g/mol. The van der Waals surface area contributed by atoms with E-state index in [1.165, 1.54) is 10.9 Å². The lowest BCUT2D eigenvalue weighted by Gasteiger charge is -2.20. The van der Waals surface area contributed by atoms with Crippen molar-refractivity contribution in [1.29, 1.82) is 0 Å². The molecule has 1 aliphatic heterocycles. The summed E-state index contributed by atoms with van der Waals surface area (Å²) in [6, 6.07) is 8.73. The van der Waals surface area contributed by atoms with Crippen molar-refractivity contribution in [2.24, 2.45) is 0 Å². The SMILES string of the molecule is O=CN1CCCC1c1ccc2[nH]ccc2c1. The standard InChI is InChI=1S/C13H14N2O/c16-9-15-7-1-2-13(15)11-3-4-12-10(8-11)5-6-14-12/h3-6,8-9,13-14H,1-2,7H2. The van der Waals surface area contributed by atoms with E-state index in [1.54, 1.807) is 0 Å². The minimum absolute atomic E-state index is 0.275. The molecule has 0 radical (unpaired) electrons. The van der Waals surface area contributed by atoms with E-state index >= 15 is 0 Å². The summed E-state index contributed by atoms with van der Waals surface area (Å²) in [6.07, 6.45) is 5.10. The molecule has 1 amide bonds. The Morgan fingerprint density at radius 2 is 2.31 bits per heavy atom. The molecule has 3 heteroatoms. The van der Waals surface area contributed by atoms with Crippen molar-refractivity contribution >= 4 is 17.3 Å². The van der Waals surface area contributed by atoms with E-state index in [4.69, 9.17) is 0 Å². The van der Waals surface area contributed by atoms with Gasteiger partial charge in [0.2, 0.25) is 6.41 Å². The topological polar surface area (TPSA) is 36.1 Å². The zero-order valence-corrected chi connectivity index (χ0v) is 9.02. The Kier molecular flexibility index (Phi) is 2.17. The fourth-order valence-corrected chi connectivity index (χ4v) is 2.55. The lowest BCUT2D eigenvalue weighted by Crippen LogP contribution is -2.20. The van der Waals surface area contributed by atoms with Gasteiger partial charge in [-0.3, -0.25) is 4.79 Å². The number of carbonyl (C=O) groups is 1. The maximum Gasteiger partial charge on any atom is 0.210 e. The molecule has 1 N–H and O–H groups in total. The van der Waals surface area contributed by atoms with Crippen molar-refractivity contribution in [2.75, 3.05) is 6.54 Å². The summed E-state index contributed by atoms with van der Waals surface area (Å²) < 4.78 is 0. The van der Waals surface area contributed by atoms with Crippen LogP contribution in [-0.2, 0) is 4.79 Å². The molecule has 0 aliphatic carbocycles. The number of benzene rings is 1. The van der Waals surface area contributed by atoms with Crippen LogP contribution in [0.4, 0.5) is 0 Å². The second-order valence-corrected chi connectivity index (χ2v) is 4.33. The number of carbonyl (C=O) groups excluding carboxylic acids is 1. The van der Waals surface area contributed by atoms with Gasteiger partial charge in [-0.25, -0.2) is 0 Å². The van der Waals surface area contributed by atoms with E-state index in [9.17, 15) is 4.79 Å². The summed E-state index contributed by atoms with van der Waals surface area (Å²) in [5.41, 5.74) is 2.40. The van der Waals surface area contributed by atoms with Crippen LogP contribution in [0, 0.1) is 0 Å². The van der Waals surface area contributed by atoms with Crippen molar-refractivity contribution in [1.82, 2.24) is 9.88 Å². The van der Waals surface area contributed by atoms with Crippen LogP contribution in [0.3, 0.4) is 0 Å². The molecule has 1 aliphatic rings. The average molecular weight is 214 g/mol. The van der Waals surface area contributed by atoms with Gasteiger partial charge in [-0.1, -0.05) is 6.07 Å². The first-order chi connectivity index (χ1) is 7.88. The fourth-order valence-electron chi connectivity index (χ4n) is 2.55. The Hall–Kier alpha value is -1.77. The van der Waals surface area contributed by atoms with Gasteiger partial charge in [0.25, 0.3) is 0 Å². The van der Waals surface area contributed by atoms with Crippen molar-refractivity contribution in [3.05, 3.63) is 36.0 Å². The summed E-state index contributed by atoms with van der Waals surface area (Å²) in [4.78, 5) is 16.0. The van der Waals surface area contributed by atoms with Gasteiger partial charge in [0.1, 0.15) is 0 Å². The van der Waals surface area contributed by atoms with Crippen LogP contribution in [0.25, 0.3) is 10.9 Å². The van der Waals surface area contributed by atoms with E-state index in [1.807, 2.05) is 11.1 Å². The lowest BCUT2D eigenvalue weighted by molar-refractivity contribution is -0.118. The van der Waals surface area contributed by atoms with Gasteiger partial charge < -0.3 is 9.88 Å². The fraction of sp³-hybridized carbons (Fsp3) is 0.308. The molecule has 1 saturated heterocycles. The largest absolute Gasteiger partial charge is 0.361 e. The van der Waals surface area contributed by atoms with E-state index in [-0.39, 0.29) is 6.04 Å². The normalized spacial score (nSPS) is 20.5. The Morgan fingerprint density at radius 1 is 1.38 bits per heavy atom. The molecule has 1 aromatic heterocycles. The number of fused-ring (bicyclic) bond motifs is 1. The van der Waals surface area contributed by atoms with E-state index in [0.717, 1.165) is 31.3 Å². The molecular formula is C13H14N2O. The van der Waals surface area contributed by atoms with Crippen LogP contribution in [-0.4, -0.2) is 22.8 Å². The molecule has 2 heterocycles. The predicted octanol–water partition coefficient (Wildman–Crippen LogP) is 2.46. The highest BCUT2D eigenvalue weighted by Crippen LogP contribution is 2.31. The van der Waals surface area contributed by atoms with Gasteiger partial charge in [0.15, 0.2) is 0 Å². The number of likely N-dealkylation sites (tertiary alicyclic amines) is 1. The molecule has 3 rings (SSSR count). The number of hydrogen-bond acceptors (Lipinski definition) is 1. The highest BCUT2D eigenvalue weighted by molar-refractivity contribution is 5.80. The third-order valence-corrected chi connectivity index (χ3v) is 3.39. The van der Waals surface area contributed by atoms with Gasteiger partial charge in [-0.15, -0.1) is 0 Å². The molecule has 1 unspecified atom stereocenters. The van der Waals surface area contributed by atoms with Crippen molar-refractivity contribution in [3.8, 4) is 0 Å². The number of rotatable bonds is 2. The van der Waals surface area contributed by atoms with Crippen molar-refractivity contribution < 1.29 is 4.79 Å². The van der Waals surface area contributed by atoms with Gasteiger partial charge in [-0.05, 0) is 42.0 Å². The van der Waals surface area contributed by atoms with Crippen LogP contribution in [0.2, 0.25) is 0 Å². The molecule has 82 valence electrons. The second-order valence-electron chi connectivity index (χ2n) is 4.33. The van der Waals surface area contributed by atoms with Crippen LogP contribution < -0.4 is 0 Å². The number of hydrogen-bond donors (Lipinski definition) is 1. The number of nitrogens with zero attached hydrogens (tertiary/aromatic N) is 1. The first-order valence-electron chi connectivity index (χ1n) is 5.66. The highest BCUT2D eigenvalue weighted by Gasteiger charge is 2.24. The van der Waals surface area contributed by atoms with Gasteiger partial charge >= 0.3 is 0 Å². The molecule has 0 bridgehead atoms.